The molecule has 0 amide bonds. The maximum Gasteiger partial charge on any atom is 0.308 e. The zero-order chi connectivity index (χ0) is 14.4. The molecule has 0 heterocycles. The first-order chi connectivity index (χ1) is 8.95. The van der Waals surface area contributed by atoms with Crippen molar-refractivity contribution in [1.82, 2.24) is 0 Å². The average molecular weight is 268 g/mol. The minimum atomic E-state index is 0.0261. The summed E-state index contributed by atoms with van der Waals surface area (Å²) in [6.45, 7) is 11.0. The molecule has 0 N–H and O–H groups in total. The Morgan fingerprint density at radius 2 is 1.95 bits per heavy atom. The van der Waals surface area contributed by atoms with E-state index in [0.29, 0.717) is 17.8 Å². The molecule has 1 aliphatic carbocycles. The molecule has 1 rings (SSSR count). The minimum absolute atomic E-state index is 0.0261. The highest BCUT2D eigenvalue weighted by Crippen LogP contribution is 2.35. The van der Waals surface area contributed by atoms with Crippen LogP contribution in [-0.4, -0.2) is 12.1 Å². The smallest absolute Gasteiger partial charge is 0.308 e. The van der Waals surface area contributed by atoms with E-state index in [9.17, 15) is 4.79 Å². The van der Waals surface area contributed by atoms with E-state index < -0.39 is 0 Å². The Hall–Kier alpha value is -0.530. The topological polar surface area (TPSA) is 26.3 Å². The first kappa shape index (κ1) is 16.5. The summed E-state index contributed by atoms with van der Waals surface area (Å²) in [6, 6.07) is 0. The molecule has 0 saturated heterocycles. The summed E-state index contributed by atoms with van der Waals surface area (Å²) in [4.78, 5) is 12.2. The number of hydrogen-bond acceptors (Lipinski definition) is 2. The van der Waals surface area contributed by atoms with Crippen molar-refractivity contribution in [2.75, 3.05) is 0 Å². The fraction of sp³-hybridized carbons (Fsp3) is 0.941. The maximum absolute atomic E-state index is 12.2. The summed E-state index contributed by atoms with van der Waals surface area (Å²) in [7, 11) is 0. The van der Waals surface area contributed by atoms with Crippen LogP contribution in [0.5, 0.6) is 0 Å². The summed E-state index contributed by atoms with van der Waals surface area (Å²) >= 11 is 0. The van der Waals surface area contributed by atoms with Crippen LogP contribution in [0.1, 0.15) is 73.1 Å². The van der Waals surface area contributed by atoms with Crippen LogP contribution in [0.15, 0.2) is 0 Å². The Balaban J connectivity index is 2.53. The van der Waals surface area contributed by atoms with Crippen molar-refractivity contribution in [2.45, 2.75) is 79.2 Å². The highest BCUT2D eigenvalue weighted by Gasteiger charge is 2.34. The number of unbranched alkanes of at least 4 members (excludes halogenated alkanes) is 1. The number of ether oxygens (including phenoxy) is 1. The van der Waals surface area contributed by atoms with E-state index in [-0.39, 0.29) is 18.0 Å². The van der Waals surface area contributed by atoms with Crippen LogP contribution in [0.3, 0.4) is 0 Å². The molecule has 0 aromatic rings. The van der Waals surface area contributed by atoms with Gasteiger partial charge in [0.2, 0.25) is 0 Å². The van der Waals surface area contributed by atoms with Crippen molar-refractivity contribution in [3.8, 4) is 0 Å². The maximum atomic E-state index is 12.2. The third kappa shape index (κ3) is 5.16. The quantitative estimate of drug-likeness (QED) is 0.646. The molecule has 0 bridgehead atoms. The number of carbonyl (C=O) groups excluding carboxylic acids is 1. The van der Waals surface area contributed by atoms with Gasteiger partial charge in [-0.1, -0.05) is 53.9 Å². The monoisotopic (exact) mass is 268 g/mol. The molecule has 0 spiro atoms. The molecule has 1 unspecified atom stereocenters. The van der Waals surface area contributed by atoms with Gasteiger partial charge in [-0.25, -0.2) is 0 Å². The van der Waals surface area contributed by atoms with Crippen molar-refractivity contribution < 1.29 is 9.53 Å². The van der Waals surface area contributed by atoms with Crippen molar-refractivity contribution in [2.24, 2.45) is 23.7 Å². The summed E-state index contributed by atoms with van der Waals surface area (Å²) in [5.41, 5.74) is 0. The van der Waals surface area contributed by atoms with Gasteiger partial charge in [0, 0.05) is 0 Å². The van der Waals surface area contributed by atoms with Gasteiger partial charge in [-0.05, 0) is 37.0 Å². The summed E-state index contributed by atoms with van der Waals surface area (Å²) in [5.74, 6) is 1.94. The lowest BCUT2D eigenvalue weighted by atomic mass is 9.75. The van der Waals surface area contributed by atoms with Crippen LogP contribution < -0.4 is 0 Å². The van der Waals surface area contributed by atoms with Crippen molar-refractivity contribution in [1.29, 1.82) is 0 Å². The van der Waals surface area contributed by atoms with Crippen LogP contribution in [0.4, 0.5) is 0 Å². The molecule has 0 aromatic carbocycles. The molecule has 4 atom stereocenters. The largest absolute Gasteiger partial charge is 0.462 e. The van der Waals surface area contributed by atoms with Crippen molar-refractivity contribution in [3.63, 3.8) is 0 Å². The van der Waals surface area contributed by atoms with Gasteiger partial charge in [-0.2, -0.15) is 0 Å². The molecule has 19 heavy (non-hydrogen) atoms. The fourth-order valence-corrected chi connectivity index (χ4v) is 3.14. The zero-order valence-corrected chi connectivity index (χ0v) is 13.4. The Morgan fingerprint density at radius 1 is 1.26 bits per heavy atom. The summed E-state index contributed by atoms with van der Waals surface area (Å²) < 4.78 is 5.86. The van der Waals surface area contributed by atoms with Crippen LogP contribution in [0.25, 0.3) is 0 Å². The molecule has 0 aromatic heterocycles. The van der Waals surface area contributed by atoms with Gasteiger partial charge in [0.05, 0.1) is 5.92 Å². The van der Waals surface area contributed by atoms with Gasteiger partial charge in [-0.3, -0.25) is 4.79 Å². The zero-order valence-electron chi connectivity index (χ0n) is 13.4. The summed E-state index contributed by atoms with van der Waals surface area (Å²) in [6.07, 6.45) is 6.92. The predicted molar refractivity (Wildman–Crippen MR) is 79.9 cm³/mol. The van der Waals surface area contributed by atoms with E-state index in [0.717, 1.165) is 25.7 Å². The van der Waals surface area contributed by atoms with E-state index in [1.54, 1.807) is 0 Å². The van der Waals surface area contributed by atoms with Gasteiger partial charge in [0.1, 0.15) is 6.10 Å². The lowest BCUT2D eigenvalue weighted by molar-refractivity contribution is -0.160. The molecule has 1 fully saturated rings. The van der Waals surface area contributed by atoms with E-state index in [4.69, 9.17) is 4.74 Å². The highest BCUT2D eigenvalue weighted by atomic mass is 16.5. The molecule has 1 saturated carbocycles. The van der Waals surface area contributed by atoms with Gasteiger partial charge < -0.3 is 4.74 Å². The standard InChI is InChI=1S/C17H32O2/c1-6-7-8-14(5)17(18)19-16-11-13(4)9-10-15(16)12(2)3/h12-16H,6-11H2,1-5H3/t13-,14?,15+,16-/m0/s1. The van der Waals surface area contributed by atoms with E-state index in [1.165, 1.54) is 12.8 Å². The molecule has 112 valence electrons. The molecular formula is C17H32O2. The molecule has 2 heteroatoms. The first-order valence-corrected chi connectivity index (χ1v) is 8.16. The number of carbonyl (C=O) groups is 1. The number of hydrogen-bond donors (Lipinski definition) is 0. The van der Waals surface area contributed by atoms with Crippen LogP contribution >= 0.6 is 0 Å². The van der Waals surface area contributed by atoms with Gasteiger partial charge in [0.15, 0.2) is 0 Å². The highest BCUT2D eigenvalue weighted by molar-refractivity contribution is 5.72. The molecular weight excluding hydrogens is 236 g/mol. The first-order valence-electron chi connectivity index (χ1n) is 8.16. The molecule has 0 aliphatic heterocycles. The van der Waals surface area contributed by atoms with E-state index >= 15 is 0 Å². The van der Waals surface area contributed by atoms with Crippen molar-refractivity contribution in [3.05, 3.63) is 0 Å². The normalized spacial score (nSPS) is 29.3. The van der Waals surface area contributed by atoms with Gasteiger partial charge >= 0.3 is 5.97 Å². The Kier molecular flexibility index (Phi) is 6.88. The third-order valence-corrected chi connectivity index (χ3v) is 4.62. The summed E-state index contributed by atoms with van der Waals surface area (Å²) in [5, 5.41) is 0. The van der Waals surface area contributed by atoms with E-state index in [2.05, 4.69) is 27.7 Å². The third-order valence-electron chi connectivity index (χ3n) is 4.62. The second-order valence-electron chi connectivity index (χ2n) is 6.84. The number of rotatable bonds is 6. The molecule has 1 aliphatic rings. The second-order valence-corrected chi connectivity index (χ2v) is 6.84. The van der Waals surface area contributed by atoms with Crippen LogP contribution in [0.2, 0.25) is 0 Å². The van der Waals surface area contributed by atoms with Crippen LogP contribution in [-0.2, 0) is 9.53 Å². The average Bonchev–Trinajstić information content (AvgIpc) is 2.35. The fourth-order valence-electron chi connectivity index (χ4n) is 3.14. The Labute approximate surface area is 119 Å². The van der Waals surface area contributed by atoms with Gasteiger partial charge in [-0.15, -0.1) is 0 Å². The predicted octanol–water partition coefficient (Wildman–Crippen LogP) is 4.82. The molecule has 0 radical (unpaired) electrons. The molecule has 2 nitrogen and oxygen atoms in total. The van der Waals surface area contributed by atoms with Crippen molar-refractivity contribution >= 4 is 5.97 Å². The lowest BCUT2D eigenvalue weighted by Crippen LogP contribution is -2.37. The van der Waals surface area contributed by atoms with Gasteiger partial charge in [0.25, 0.3) is 0 Å². The Bertz CT molecular complexity index is 272. The minimum Gasteiger partial charge on any atom is -0.462 e. The van der Waals surface area contributed by atoms with E-state index in [1.807, 2.05) is 6.92 Å². The number of esters is 1. The second kappa shape index (κ2) is 7.91. The SMILES string of the molecule is CCCCC(C)C(=O)O[C@H]1C[C@@H](C)CC[C@@H]1C(C)C. The van der Waals surface area contributed by atoms with Crippen LogP contribution in [0, 0.1) is 23.7 Å². The lowest BCUT2D eigenvalue weighted by Gasteiger charge is -2.37. The Morgan fingerprint density at radius 3 is 2.53 bits per heavy atom.